The molecule has 5 nitrogen and oxygen atoms in total. The second kappa shape index (κ2) is 12.8. The first kappa shape index (κ1) is 32.3. The lowest BCUT2D eigenvalue weighted by atomic mass is 9.97. The average Bonchev–Trinajstić information content (AvgIpc) is 3.95. The van der Waals surface area contributed by atoms with Gasteiger partial charge in [0, 0.05) is 53.0 Å². The van der Waals surface area contributed by atoms with Gasteiger partial charge in [-0.2, -0.15) is 0 Å². The Morgan fingerprint density at radius 1 is 0.509 bits per heavy atom. The summed E-state index contributed by atoms with van der Waals surface area (Å²) in [4.78, 5) is 5.23. The first-order valence-electron chi connectivity index (χ1n) is 19.3. The van der Waals surface area contributed by atoms with Crippen molar-refractivity contribution in [2.45, 2.75) is 12.3 Å². The molecule has 1 aliphatic heterocycles. The van der Waals surface area contributed by atoms with Crippen LogP contribution < -0.4 is 10.6 Å². The normalized spacial score (nSPS) is 15.9. The van der Waals surface area contributed by atoms with Crippen molar-refractivity contribution in [2.24, 2.45) is 4.99 Å². The molecular weight excluding hydrogens is 717 g/mol. The highest BCUT2D eigenvalue weighted by Crippen LogP contribution is 2.42. The largest absolute Gasteiger partial charge is 0.456 e. The van der Waals surface area contributed by atoms with E-state index in [1.807, 2.05) is 29.5 Å². The number of para-hydroxylation sites is 3. The minimum Gasteiger partial charge on any atom is -0.456 e. The van der Waals surface area contributed by atoms with Gasteiger partial charge in [-0.25, -0.2) is 4.99 Å². The molecule has 11 aromatic rings. The molecule has 8 aromatic carbocycles. The minimum absolute atomic E-state index is 0.163. The molecule has 0 bridgehead atoms. The van der Waals surface area contributed by atoms with Crippen molar-refractivity contribution in [1.82, 2.24) is 15.2 Å². The van der Waals surface area contributed by atoms with Gasteiger partial charge in [-0.05, 0) is 82.9 Å². The second-order valence-electron chi connectivity index (χ2n) is 14.8. The lowest BCUT2D eigenvalue weighted by Gasteiger charge is -2.32. The zero-order chi connectivity index (χ0) is 37.5. The number of aliphatic imine (C=N–C) groups is 1. The number of aromatic nitrogens is 1. The van der Waals surface area contributed by atoms with Crippen LogP contribution in [0.2, 0.25) is 0 Å². The van der Waals surface area contributed by atoms with Gasteiger partial charge in [0.2, 0.25) is 0 Å². The van der Waals surface area contributed by atoms with Crippen LogP contribution in [0.25, 0.3) is 80.7 Å². The van der Waals surface area contributed by atoms with E-state index in [-0.39, 0.29) is 12.3 Å². The quantitative estimate of drug-likeness (QED) is 0.184. The van der Waals surface area contributed by atoms with Crippen LogP contribution in [0.4, 0.5) is 0 Å². The minimum atomic E-state index is -0.263. The third-order valence-corrected chi connectivity index (χ3v) is 12.6. The number of hydrogen-bond donors (Lipinski definition) is 2. The van der Waals surface area contributed by atoms with Crippen molar-refractivity contribution >= 4 is 81.1 Å². The van der Waals surface area contributed by atoms with E-state index in [0.29, 0.717) is 0 Å². The van der Waals surface area contributed by atoms with Crippen LogP contribution in [0.15, 0.2) is 191 Å². The highest BCUT2D eigenvalue weighted by Gasteiger charge is 2.27. The maximum atomic E-state index is 6.16. The monoisotopic (exact) mass is 750 g/mol. The van der Waals surface area contributed by atoms with Gasteiger partial charge in [0.05, 0.1) is 11.0 Å². The summed E-state index contributed by atoms with van der Waals surface area (Å²) >= 11 is 1.85. The van der Waals surface area contributed by atoms with E-state index in [0.717, 1.165) is 44.5 Å². The van der Waals surface area contributed by atoms with Gasteiger partial charge in [0.25, 0.3) is 0 Å². The zero-order valence-electron chi connectivity index (χ0n) is 30.7. The number of nitrogens with zero attached hydrogens (tertiary/aromatic N) is 2. The molecule has 0 saturated carbocycles. The summed E-state index contributed by atoms with van der Waals surface area (Å²) in [6.07, 6.45) is -0.426. The molecule has 2 atom stereocenters. The van der Waals surface area contributed by atoms with Crippen molar-refractivity contribution in [3.63, 3.8) is 0 Å². The maximum absolute atomic E-state index is 6.16. The molecule has 0 saturated heterocycles. The molecule has 0 amide bonds. The highest BCUT2D eigenvalue weighted by molar-refractivity contribution is 7.25. The van der Waals surface area contributed by atoms with E-state index in [1.54, 1.807) is 0 Å². The summed E-state index contributed by atoms with van der Waals surface area (Å²) < 4.78 is 11.1. The molecule has 0 aliphatic carbocycles. The lowest BCUT2D eigenvalue weighted by molar-refractivity contribution is 0.409. The van der Waals surface area contributed by atoms with Crippen LogP contribution in [0, 0.1) is 0 Å². The Morgan fingerprint density at radius 3 is 2.16 bits per heavy atom. The molecule has 2 N–H and O–H groups in total. The number of hydrogen-bond acceptors (Lipinski definition) is 5. The van der Waals surface area contributed by atoms with Crippen molar-refractivity contribution in [3.05, 3.63) is 199 Å². The van der Waals surface area contributed by atoms with Crippen LogP contribution in [-0.2, 0) is 0 Å². The van der Waals surface area contributed by atoms with Crippen molar-refractivity contribution in [3.8, 4) is 16.8 Å². The van der Waals surface area contributed by atoms with Gasteiger partial charge in [-0.15, -0.1) is 11.3 Å². The molecule has 4 heterocycles. The van der Waals surface area contributed by atoms with Crippen LogP contribution in [0.3, 0.4) is 0 Å². The van der Waals surface area contributed by atoms with Gasteiger partial charge >= 0.3 is 0 Å². The van der Waals surface area contributed by atoms with Crippen LogP contribution in [-0.4, -0.2) is 10.4 Å². The Kier molecular flexibility index (Phi) is 7.24. The summed E-state index contributed by atoms with van der Waals surface area (Å²) in [5, 5.41) is 14.9. The predicted octanol–water partition coefficient (Wildman–Crippen LogP) is 13.1. The van der Waals surface area contributed by atoms with Crippen molar-refractivity contribution in [2.75, 3.05) is 0 Å². The summed E-state index contributed by atoms with van der Waals surface area (Å²) in [5.74, 6) is 0.866. The fourth-order valence-corrected chi connectivity index (χ4v) is 9.95. The van der Waals surface area contributed by atoms with Crippen LogP contribution in [0.5, 0.6) is 0 Å². The fraction of sp³-hybridized carbons (Fsp3) is 0.0392. The maximum Gasteiger partial charge on any atom is 0.135 e. The standard InChI is InChI=1S/C51H34N4OS/c1-3-12-31(13-4-1)49-52-50(33-23-26-45-40(29-33)37-16-8-10-21-44(37)56-45)54-51(53-49)34-22-25-38-41-28-32(24-27-46(41)57-47(38)30-34)36-18-11-20-43-48(36)39-17-7-9-19-42(39)55(43)35-14-5-2-6-15-35/h1-30,50-51,54H,(H,52,53). The Morgan fingerprint density at radius 2 is 1.26 bits per heavy atom. The highest BCUT2D eigenvalue weighted by atomic mass is 32.1. The molecule has 0 spiro atoms. The number of rotatable bonds is 5. The summed E-state index contributed by atoms with van der Waals surface area (Å²) in [6.45, 7) is 0. The van der Waals surface area contributed by atoms with E-state index in [1.165, 1.54) is 58.8 Å². The number of benzene rings is 8. The van der Waals surface area contributed by atoms with Crippen molar-refractivity contribution < 1.29 is 4.42 Å². The Bertz CT molecular complexity index is 3380. The van der Waals surface area contributed by atoms with Gasteiger partial charge in [-0.3, -0.25) is 5.32 Å². The molecule has 0 radical (unpaired) electrons. The van der Waals surface area contributed by atoms with Crippen molar-refractivity contribution in [1.29, 1.82) is 0 Å². The molecule has 2 unspecified atom stereocenters. The molecule has 0 fully saturated rings. The Balaban J connectivity index is 0.943. The fourth-order valence-electron chi connectivity index (χ4n) is 8.81. The van der Waals surface area contributed by atoms with E-state index in [4.69, 9.17) is 9.41 Å². The third kappa shape index (κ3) is 5.22. The molecule has 6 heteroatoms. The molecule has 3 aromatic heterocycles. The first-order chi connectivity index (χ1) is 28.2. The number of nitrogens with one attached hydrogen (secondary N) is 2. The van der Waals surface area contributed by atoms with E-state index >= 15 is 0 Å². The van der Waals surface area contributed by atoms with E-state index in [2.05, 4.69) is 179 Å². The summed E-state index contributed by atoms with van der Waals surface area (Å²) in [5.41, 5.74) is 11.1. The number of thiophene rings is 1. The van der Waals surface area contributed by atoms with Gasteiger partial charge < -0.3 is 14.3 Å². The van der Waals surface area contributed by atoms with E-state index < -0.39 is 0 Å². The van der Waals surface area contributed by atoms with Crippen LogP contribution >= 0.6 is 11.3 Å². The molecule has 57 heavy (non-hydrogen) atoms. The molecule has 270 valence electrons. The Hall–Kier alpha value is -6.99. The van der Waals surface area contributed by atoms with Gasteiger partial charge in [0.1, 0.15) is 29.3 Å². The number of amidine groups is 1. The second-order valence-corrected chi connectivity index (χ2v) is 15.9. The SMILES string of the molecule is c1ccc(C2=NC(c3ccc4oc5ccccc5c4c3)NC(c3ccc4c(c3)sc3ccc(-c5cccc6c5c5ccccc5n6-c5ccccc5)cc34)N2)cc1. The smallest absolute Gasteiger partial charge is 0.135 e. The van der Waals surface area contributed by atoms with Gasteiger partial charge in [-0.1, -0.05) is 121 Å². The zero-order valence-corrected chi connectivity index (χ0v) is 31.5. The Labute approximate surface area is 332 Å². The summed E-state index contributed by atoms with van der Waals surface area (Å²) in [7, 11) is 0. The summed E-state index contributed by atoms with van der Waals surface area (Å²) in [6, 6.07) is 65.1. The third-order valence-electron chi connectivity index (χ3n) is 11.5. The number of fused-ring (bicyclic) bond motifs is 9. The number of furan rings is 1. The predicted molar refractivity (Wildman–Crippen MR) is 238 cm³/mol. The first-order valence-corrected chi connectivity index (χ1v) is 20.2. The van der Waals surface area contributed by atoms with Gasteiger partial charge in [0.15, 0.2) is 0 Å². The van der Waals surface area contributed by atoms with Crippen LogP contribution in [0.1, 0.15) is 29.0 Å². The molecule has 1 aliphatic rings. The lowest BCUT2D eigenvalue weighted by Crippen LogP contribution is -2.44. The average molecular weight is 751 g/mol. The molecular formula is C51H34N4OS. The molecule has 12 rings (SSSR count). The van der Waals surface area contributed by atoms with E-state index in [9.17, 15) is 0 Å². The topological polar surface area (TPSA) is 54.5 Å².